The predicted molar refractivity (Wildman–Crippen MR) is 267 cm³/mol. The third-order valence-electron chi connectivity index (χ3n) is 10.7. The Morgan fingerprint density at radius 3 is 0.484 bits per heavy atom. The van der Waals surface area contributed by atoms with Crippen molar-refractivity contribution in [1.29, 1.82) is 0 Å². The van der Waals surface area contributed by atoms with Crippen LogP contribution in [-0.4, -0.2) is 0 Å². The van der Waals surface area contributed by atoms with Crippen molar-refractivity contribution in [2.45, 2.75) is 0 Å². The summed E-state index contributed by atoms with van der Waals surface area (Å²) in [5.41, 5.74) is 14.2. The lowest BCUT2D eigenvalue weighted by atomic mass is 9.74. The van der Waals surface area contributed by atoms with Crippen molar-refractivity contribution in [3.05, 3.63) is 309 Å². The molecule has 8 aromatic carbocycles. The van der Waals surface area contributed by atoms with E-state index in [9.17, 15) is 0 Å². The van der Waals surface area contributed by atoms with Crippen molar-refractivity contribution in [3.8, 4) is 47.4 Å². The largest absolute Gasteiger partial charge is 0.0622 e. The summed E-state index contributed by atoms with van der Waals surface area (Å²) in [5.74, 6) is 29.7. The molecule has 0 unspecified atom stereocenters. The molecule has 1 aliphatic carbocycles. The molecule has 0 amide bonds. The molecule has 8 aromatic rings. The van der Waals surface area contributed by atoms with Gasteiger partial charge in [-0.2, -0.15) is 0 Å². The Morgan fingerprint density at radius 1 is 0.156 bits per heavy atom. The fourth-order valence-corrected chi connectivity index (χ4v) is 7.70. The number of rotatable bonds is 4. The number of hydrogen-bond acceptors (Lipinski definition) is 0. The molecule has 0 saturated carbocycles. The summed E-state index contributed by atoms with van der Waals surface area (Å²) in [7, 11) is 0. The average molecular weight is 809 g/mol. The normalized spacial score (nSPS) is 14.5. The molecule has 0 aliphatic heterocycles. The van der Waals surface area contributed by atoms with Crippen LogP contribution in [0.2, 0.25) is 0 Å². The van der Waals surface area contributed by atoms with Crippen molar-refractivity contribution >= 4 is 22.3 Å². The van der Waals surface area contributed by atoms with E-state index < -0.39 is 0 Å². The SMILES string of the molecule is C(#Cc1ccccc1)C1=C(c2ccccc2)/C(C#Cc2ccccc2)=C(c2ccccc2)\C(C#Cc2ccccc2)=C(\c2ccccc2)C(C#Cc2ccccc2)=C1c1ccccc1. The lowest BCUT2D eigenvalue weighted by molar-refractivity contribution is 1.48. The smallest absolute Gasteiger partial charge is 0.0431 e. The van der Waals surface area contributed by atoms with Crippen LogP contribution in [0.25, 0.3) is 22.3 Å². The molecule has 0 heteroatoms. The number of benzene rings is 8. The van der Waals surface area contributed by atoms with Gasteiger partial charge in [-0.3, -0.25) is 0 Å². The van der Waals surface area contributed by atoms with E-state index in [2.05, 4.69) is 193 Å². The van der Waals surface area contributed by atoms with Crippen LogP contribution in [0.15, 0.2) is 265 Å². The first-order valence-corrected chi connectivity index (χ1v) is 21.3. The zero-order chi connectivity index (χ0) is 43.2. The van der Waals surface area contributed by atoms with Gasteiger partial charge in [0.1, 0.15) is 0 Å². The maximum atomic E-state index is 3.82. The molecule has 0 bridgehead atoms. The highest BCUT2D eigenvalue weighted by molar-refractivity contribution is 6.16. The predicted octanol–water partition coefficient (Wildman–Crippen LogP) is 14.0. The van der Waals surface area contributed by atoms with Gasteiger partial charge < -0.3 is 0 Å². The first-order valence-electron chi connectivity index (χ1n) is 21.3. The van der Waals surface area contributed by atoms with Crippen molar-refractivity contribution in [2.24, 2.45) is 0 Å². The van der Waals surface area contributed by atoms with Crippen LogP contribution in [0, 0.1) is 47.4 Å². The van der Waals surface area contributed by atoms with Crippen LogP contribution < -0.4 is 0 Å². The van der Waals surface area contributed by atoms with Crippen LogP contribution in [0.3, 0.4) is 0 Å². The second-order valence-corrected chi connectivity index (χ2v) is 14.9. The highest BCUT2D eigenvalue weighted by Crippen LogP contribution is 2.48. The number of hydrogen-bond donors (Lipinski definition) is 0. The Labute approximate surface area is 377 Å². The lowest BCUT2D eigenvalue weighted by Gasteiger charge is -2.26. The summed E-state index contributed by atoms with van der Waals surface area (Å²) in [4.78, 5) is 0. The zero-order valence-electron chi connectivity index (χ0n) is 35.1. The molecule has 0 radical (unpaired) electrons. The molecule has 0 atom stereocenters. The van der Waals surface area contributed by atoms with Crippen molar-refractivity contribution in [1.82, 2.24) is 0 Å². The molecular formula is C64H40. The lowest BCUT2D eigenvalue weighted by Crippen LogP contribution is -2.09. The third-order valence-corrected chi connectivity index (χ3v) is 10.7. The molecule has 0 spiro atoms. The number of allylic oxidation sites excluding steroid dienone is 8. The second kappa shape index (κ2) is 20.0. The van der Waals surface area contributed by atoms with Gasteiger partial charge >= 0.3 is 0 Å². The summed E-state index contributed by atoms with van der Waals surface area (Å²) in [6.45, 7) is 0. The molecule has 0 aromatic heterocycles. The van der Waals surface area contributed by atoms with Crippen molar-refractivity contribution in [2.75, 3.05) is 0 Å². The molecule has 296 valence electrons. The molecule has 0 N–H and O–H groups in total. The van der Waals surface area contributed by atoms with E-state index in [1.807, 2.05) is 97.1 Å². The van der Waals surface area contributed by atoms with Crippen LogP contribution in [0.4, 0.5) is 0 Å². The first-order chi connectivity index (χ1) is 31.8. The highest BCUT2D eigenvalue weighted by Gasteiger charge is 2.30. The molecule has 0 nitrogen and oxygen atoms in total. The Bertz CT molecular complexity index is 2810. The Hall–Kier alpha value is -9.04. The van der Waals surface area contributed by atoms with E-state index in [-0.39, 0.29) is 0 Å². The van der Waals surface area contributed by atoms with E-state index in [0.29, 0.717) is 0 Å². The fraction of sp³-hybridized carbons (Fsp3) is 0. The van der Waals surface area contributed by atoms with Crippen LogP contribution >= 0.6 is 0 Å². The standard InChI is InChI=1S/C64H40/c1-9-25-49(26-10-1)41-45-57-61(53-33-17-5-18-34-53)58(46-42-50-27-11-2-12-28-50)63(55-37-21-7-22-38-55)60(48-44-52-31-15-4-16-32-52)64(56-39-23-8-24-40-56)59(47-43-51-29-13-3-14-30-51)62(57)54-35-19-6-20-36-54/h1-40H/b61-57-,61-58?,62-57?,62-59-,63-58?,63-60?,64-59?,64-60?. The molecule has 0 fully saturated rings. The summed E-state index contributed by atoms with van der Waals surface area (Å²) in [6.07, 6.45) is 0. The van der Waals surface area contributed by atoms with E-state index in [0.717, 1.165) is 89.1 Å². The van der Waals surface area contributed by atoms with Gasteiger partial charge in [0.25, 0.3) is 0 Å². The minimum Gasteiger partial charge on any atom is -0.0622 e. The van der Waals surface area contributed by atoms with Gasteiger partial charge in [0, 0.05) is 66.8 Å². The van der Waals surface area contributed by atoms with Crippen molar-refractivity contribution in [3.63, 3.8) is 0 Å². The quantitative estimate of drug-likeness (QED) is 0.155. The average Bonchev–Trinajstić information content (AvgIpc) is 3.37. The molecular weight excluding hydrogens is 769 g/mol. The summed E-state index contributed by atoms with van der Waals surface area (Å²) in [6, 6.07) is 82.8. The van der Waals surface area contributed by atoms with Gasteiger partial charge in [-0.1, -0.05) is 241 Å². The molecule has 9 rings (SSSR count). The van der Waals surface area contributed by atoms with Gasteiger partial charge in [-0.05, 0) is 70.8 Å². The maximum Gasteiger partial charge on any atom is 0.0431 e. The molecule has 64 heavy (non-hydrogen) atoms. The highest BCUT2D eigenvalue weighted by atomic mass is 14.3. The van der Waals surface area contributed by atoms with Gasteiger partial charge in [0.15, 0.2) is 0 Å². The minimum absolute atomic E-state index is 0.799. The van der Waals surface area contributed by atoms with Gasteiger partial charge in [-0.15, -0.1) is 0 Å². The molecule has 0 saturated heterocycles. The first kappa shape index (κ1) is 40.4. The van der Waals surface area contributed by atoms with Crippen molar-refractivity contribution < 1.29 is 0 Å². The van der Waals surface area contributed by atoms with Gasteiger partial charge in [-0.25, -0.2) is 0 Å². The van der Waals surface area contributed by atoms with E-state index in [4.69, 9.17) is 0 Å². The second-order valence-electron chi connectivity index (χ2n) is 14.9. The van der Waals surface area contributed by atoms with E-state index in [1.54, 1.807) is 0 Å². The topological polar surface area (TPSA) is 0 Å². The maximum absolute atomic E-state index is 3.82. The Morgan fingerprint density at radius 2 is 0.312 bits per heavy atom. The monoisotopic (exact) mass is 808 g/mol. The zero-order valence-corrected chi connectivity index (χ0v) is 35.1. The minimum atomic E-state index is 0.799. The van der Waals surface area contributed by atoms with Crippen LogP contribution in [0.1, 0.15) is 44.5 Å². The summed E-state index contributed by atoms with van der Waals surface area (Å²) in [5, 5.41) is 0. The third kappa shape index (κ3) is 9.46. The van der Waals surface area contributed by atoms with Crippen LogP contribution in [-0.2, 0) is 0 Å². The summed E-state index contributed by atoms with van der Waals surface area (Å²) >= 11 is 0. The fourth-order valence-electron chi connectivity index (χ4n) is 7.70. The van der Waals surface area contributed by atoms with Gasteiger partial charge in [0.05, 0.1) is 0 Å². The van der Waals surface area contributed by atoms with E-state index in [1.165, 1.54) is 0 Å². The molecule has 0 heterocycles. The van der Waals surface area contributed by atoms with Gasteiger partial charge in [0.2, 0.25) is 0 Å². The molecule has 1 aliphatic rings. The Kier molecular flexibility index (Phi) is 12.6. The van der Waals surface area contributed by atoms with Crippen LogP contribution in [0.5, 0.6) is 0 Å². The summed E-state index contributed by atoms with van der Waals surface area (Å²) < 4.78 is 0. The Balaban J connectivity index is 1.59. The van der Waals surface area contributed by atoms with E-state index >= 15 is 0 Å².